The highest BCUT2D eigenvalue weighted by atomic mass is 35.5. The SMILES string of the molecule is C[C@@H]1C[C@H](C)CN(CCCNC(=O)c2ccc(Cl)cc2)C1. The van der Waals surface area contributed by atoms with Gasteiger partial charge < -0.3 is 10.2 Å². The quantitative estimate of drug-likeness (QED) is 0.845. The van der Waals surface area contributed by atoms with Crippen LogP contribution >= 0.6 is 11.6 Å². The Bertz CT molecular complexity index is 450. The fourth-order valence-electron chi connectivity index (χ4n) is 3.18. The number of piperidine rings is 1. The second-order valence-corrected chi connectivity index (χ2v) is 6.76. The molecule has 0 spiro atoms. The number of hydrogen-bond donors (Lipinski definition) is 1. The smallest absolute Gasteiger partial charge is 0.251 e. The van der Waals surface area contributed by atoms with E-state index in [0.29, 0.717) is 10.6 Å². The van der Waals surface area contributed by atoms with Crippen molar-refractivity contribution in [3.63, 3.8) is 0 Å². The number of benzene rings is 1. The molecule has 0 unspecified atom stereocenters. The molecule has 1 aliphatic rings. The molecule has 2 rings (SSSR count). The van der Waals surface area contributed by atoms with Gasteiger partial charge in [-0.2, -0.15) is 0 Å². The van der Waals surface area contributed by atoms with E-state index in [1.165, 1.54) is 19.5 Å². The molecule has 3 nitrogen and oxygen atoms in total. The Balaban J connectivity index is 1.67. The molecule has 1 heterocycles. The zero-order valence-electron chi connectivity index (χ0n) is 12.9. The monoisotopic (exact) mass is 308 g/mol. The van der Waals surface area contributed by atoms with Crippen molar-refractivity contribution in [1.82, 2.24) is 10.2 Å². The third-order valence-electron chi connectivity index (χ3n) is 3.99. The molecule has 1 fully saturated rings. The summed E-state index contributed by atoms with van der Waals surface area (Å²) in [7, 11) is 0. The van der Waals surface area contributed by atoms with Crippen LogP contribution in [0.1, 0.15) is 37.0 Å². The van der Waals surface area contributed by atoms with Crippen LogP contribution in [0.4, 0.5) is 0 Å². The first kappa shape index (κ1) is 16.3. The van der Waals surface area contributed by atoms with E-state index in [-0.39, 0.29) is 5.91 Å². The van der Waals surface area contributed by atoms with E-state index in [9.17, 15) is 4.79 Å². The van der Waals surface area contributed by atoms with Crippen LogP contribution < -0.4 is 5.32 Å². The number of likely N-dealkylation sites (tertiary alicyclic amines) is 1. The second-order valence-electron chi connectivity index (χ2n) is 6.32. The highest BCUT2D eigenvalue weighted by Crippen LogP contribution is 2.20. The van der Waals surface area contributed by atoms with Crippen molar-refractivity contribution in [2.24, 2.45) is 11.8 Å². The minimum absolute atomic E-state index is 0.0213. The van der Waals surface area contributed by atoms with Gasteiger partial charge in [0.15, 0.2) is 0 Å². The van der Waals surface area contributed by atoms with E-state index >= 15 is 0 Å². The summed E-state index contributed by atoms with van der Waals surface area (Å²) in [5.74, 6) is 1.56. The van der Waals surface area contributed by atoms with Gasteiger partial charge in [-0.25, -0.2) is 0 Å². The van der Waals surface area contributed by atoms with Crippen LogP contribution in [-0.4, -0.2) is 37.0 Å². The van der Waals surface area contributed by atoms with Gasteiger partial charge in [0.1, 0.15) is 0 Å². The van der Waals surface area contributed by atoms with Crippen molar-refractivity contribution >= 4 is 17.5 Å². The van der Waals surface area contributed by atoms with E-state index in [2.05, 4.69) is 24.1 Å². The largest absolute Gasteiger partial charge is 0.352 e. The van der Waals surface area contributed by atoms with Crippen molar-refractivity contribution in [3.05, 3.63) is 34.9 Å². The third kappa shape index (κ3) is 5.33. The van der Waals surface area contributed by atoms with Gasteiger partial charge in [0.05, 0.1) is 0 Å². The Morgan fingerprint density at radius 1 is 1.24 bits per heavy atom. The number of carbonyl (C=O) groups excluding carboxylic acids is 1. The van der Waals surface area contributed by atoms with Crippen molar-refractivity contribution in [3.8, 4) is 0 Å². The summed E-state index contributed by atoms with van der Waals surface area (Å²) in [5.41, 5.74) is 0.666. The maximum absolute atomic E-state index is 11.9. The summed E-state index contributed by atoms with van der Waals surface area (Å²) in [6.45, 7) is 8.82. The Morgan fingerprint density at radius 3 is 2.48 bits per heavy atom. The number of nitrogens with zero attached hydrogens (tertiary/aromatic N) is 1. The molecule has 116 valence electrons. The zero-order chi connectivity index (χ0) is 15.2. The van der Waals surface area contributed by atoms with Crippen LogP contribution in [-0.2, 0) is 0 Å². The van der Waals surface area contributed by atoms with Crippen molar-refractivity contribution < 1.29 is 4.79 Å². The van der Waals surface area contributed by atoms with Gasteiger partial charge in [0, 0.05) is 30.2 Å². The molecular weight excluding hydrogens is 284 g/mol. The Kier molecular flexibility index (Phi) is 6.07. The molecule has 21 heavy (non-hydrogen) atoms. The second kappa shape index (κ2) is 7.81. The molecule has 1 aromatic carbocycles. The van der Waals surface area contributed by atoms with Crippen LogP contribution in [0.2, 0.25) is 5.02 Å². The van der Waals surface area contributed by atoms with E-state index in [4.69, 9.17) is 11.6 Å². The maximum atomic E-state index is 11.9. The van der Waals surface area contributed by atoms with Gasteiger partial charge in [-0.3, -0.25) is 4.79 Å². The van der Waals surface area contributed by atoms with E-state index in [1.54, 1.807) is 24.3 Å². The summed E-state index contributed by atoms with van der Waals surface area (Å²) in [5, 5.41) is 3.62. The third-order valence-corrected chi connectivity index (χ3v) is 4.24. The lowest BCUT2D eigenvalue weighted by atomic mass is 9.92. The first-order valence-electron chi connectivity index (χ1n) is 7.80. The van der Waals surface area contributed by atoms with Crippen LogP contribution in [0.5, 0.6) is 0 Å². The molecule has 1 amide bonds. The van der Waals surface area contributed by atoms with Gasteiger partial charge in [-0.05, 0) is 55.5 Å². The van der Waals surface area contributed by atoms with Crippen LogP contribution in [0, 0.1) is 11.8 Å². The fourth-order valence-corrected chi connectivity index (χ4v) is 3.31. The lowest BCUT2D eigenvalue weighted by Gasteiger charge is -2.34. The lowest BCUT2D eigenvalue weighted by Crippen LogP contribution is -2.40. The standard InChI is InChI=1S/C17H25ClN2O/c1-13-10-14(2)12-20(11-13)9-3-8-19-17(21)15-4-6-16(18)7-5-15/h4-7,13-14H,3,8-12H2,1-2H3,(H,19,21)/t13-,14+. The summed E-state index contributed by atoms with van der Waals surface area (Å²) in [4.78, 5) is 14.5. The zero-order valence-corrected chi connectivity index (χ0v) is 13.7. The van der Waals surface area contributed by atoms with Gasteiger partial charge >= 0.3 is 0 Å². The van der Waals surface area contributed by atoms with Crippen molar-refractivity contribution in [2.45, 2.75) is 26.7 Å². The van der Waals surface area contributed by atoms with Gasteiger partial charge in [0.2, 0.25) is 0 Å². The lowest BCUT2D eigenvalue weighted by molar-refractivity contribution is 0.0947. The van der Waals surface area contributed by atoms with E-state index in [0.717, 1.165) is 31.3 Å². The highest BCUT2D eigenvalue weighted by Gasteiger charge is 2.21. The summed E-state index contributed by atoms with van der Waals surface area (Å²) >= 11 is 5.82. The number of amides is 1. The minimum Gasteiger partial charge on any atom is -0.352 e. The predicted octanol–water partition coefficient (Wildman–Crippen LogP) is 3.44. The number of carbonyl (C=O) groups is 1. The minimum atomic E-state index is -0.0213. The highest BCUT2D eigenvalue weighted by molar-refractivity contribution is 6.30. The molecular formula is C17H25ClN2O. The van der Waals surface area contributed by atoms with Gasteiger partial charge in [-0.1, -0.05) is 25.4 Å². The fraction of sp³-hybridized carbons (Fsp3) is 0.588. The van der Waals surface area contributed by atoms with Crippen LogP contribution in [0.15, 0.2) is 24.3 Å². The topological polar surface area (TPSA) is 32.3 Å². The molecule has 0 bridgehead atoms. The molecule has 0 saturated carbocycles. The number of nitrogens with one attached hydrogen (secondary N) is 1. The molecule has 0 aromatic heterocycles. The van der Waals surface area contributed by atoms with Crippen LogP contribution in [0.25, 0.3) is 0 Å². The molecule has 1 aromatic rings. The average molecular weight is 309 g/mol. The molecule has 4 heteroatoms. The number of hydrogen-bond acceptors (Lipinski definition) is 2. The molecule has 0 aliphatic carbocycles. The Labute approximate surface area is 132 Å². The molecule has 2 atom stereocenters. The van der Waals surface area contributed by atoms with Gasteiger partial charge in [-0.15, -0.1) is 0 Å². The Morgan fingerprint density at radius 2 is 1.86 bits per heavy atom. The normalized spacial score (nSPS) is 23.0. The molecule has 0 radical (unpaired) electrons. The van der Waals surface area contributed by atoms with E-state index < -0.39 is 0 Å². The average Bonchev–Trinajstić information content (AvgIpc) is 2.43. The Hall–Kier alpha value is -1.06. The number of halogens is 1. The van der Waals surface area contributed by atoms with Gasteiger partial charge in [0.25, 0.3) is 5.91 Å². The predicted molar refractivity (Wildman–Crippen MR) is 87.8 cm³/mol. The first-order chi connectivity index (χ1) is 10.0. The maximum Gasteiger partial charge on any atom is 0.251 e. The number of rotatable bonds is 5. The molecule has 1 N–H and O–H groups in total. The summed E-state index contributed by atoms with van der Waals surface area (Å²) in [6, 6.07) is 7.00. The van der Waals surface area contributed by atoms with E-state index in [1.807, 2.05) is 0 Å². The van der Waals surface area contributed by atoms with Crippen molar-refractivity contribution in [1.29, 1.82) is 0 Å². The summed E-state index contributed by atoms with van der Waals surface area (Å²) in [6.07, 6.45) is 2.34. The van der Waals surface area contributed by atoms with Crippen LogP contribution in [0.3, 0.4) is 0 Å². The molecule has 1 aliphatic heterocycles. The molecule has 1 saturated heterocycles. The first-order valence-corrected chi connectivity index (χ1v) is 8.18. The summed E-state index contributed by atoms with van der Waals surface area (Å²) < 4.78 is 0. The van der Waals surface area contributed by atoms with Crippen molar-refractivity contribution in [2.75, 3.05) is 26.2 Å².